The third kappa shape index (κ3) is 2.60. The zero-order valence-corrected chi connectivity index (χ0v) is 12.5. The number of hydrogen-bond acceptors (Lipinski definition) is 7. The van der Waals surface area contributed by atoms with Crippen LogP contribution in [0.5, 0.6) is 0 Å². The van der Waals surface area contributed by atoms with Crippen molar-refractivity contribution < 1.29 is 29.8 Å². The lowest BCUT2D eigenvalue weighted by atomic mass is 10.4. The van der Waals surface area contributed by atoms with Gasteiger partial charge in [-0.2, -0.15) is 0 Å². The third-order valence-electron chi connectivity index (χ3n) is 3.09. The van der Waals surface area contributed by atoms with Crippen molar-refractivity contribution in [3.8, 4) is 0 Å². The summed E-state index contributed by atoms with van der Waals surface area (Å²) in [5.41, 5.74) is 0. The van der Waals surface area contributed by atoms with E-state index in [9.17, 15) is 29.8 Å². The fourth-order valence-corrected chi connectivity index (χ4v) is 9.69. The Bertz CT molecular complexity index is 807. The Morgan fingerprint density at radius 3 is 2.10 bits per heavy atom. The molecule has 2 atom stereocenters. The second kappa shape index (κ2) is 4.79. The molecule has 7 nitrogen and oxygen atoms in total. The van der Waals surface area contributed by atoms with E-state index < -0.39 is 51.8 Å². The highest BCUT2D eigenvalue weighted by molar-refractivity contribution is 8.10. The zero-order valence-electron chi connectivity index (χ0n) is 10.0. The molecular formula is C10H11O7S3-. The van der Waals surface area contributed by atoms with E-state index in [1.807, 2.05) is 0 Å². The molecule has 0 aliphatic carbocycles. The number of rotatable bonds is 3. The van der Waals surface area contributed by atoms with Crippen molar-refractivity contribution >= 4 is 29.8 Å². The van der Waals surface area contributed by atoms with Crippen LogP contribution < -0.4 is 0 Å². The van der Waals surface area contributed by atoms with Crippen LogP contribution in [-0.2, 0) is 29.8 Å². The van der Waals surface area contributed by atoms with Crippen LogP contribution in [-0.4, -0.2) is 45.4 Å². The molecule has 20 heavy (non-hydrogen) atoms. The lowest BCUT2D eigenvalue weighted by Crippen LogP contribution is -2.39. The molecule has 0 amide bonds. The van der Waals surface area contributed by atoms with Gasteiger partial charge in [-0.05, 0) is 18.6 Å². The van der Waals surface area contributed by atoms with Crippen LogP contribution in [0, 0.1) is 0 Å². The molecule has 112 valence electrons. The maximum absolute atomic E-state index is 12.3. The Morgan fingerprint density at radius 2 is 1.60 bits per heavy atom. The molecule has 1 fully saturated rings. The minimum Gasteiger partial charge on any atom is -0.748 e. The van der Waals surface area contributed by atoms with Gasteiger partial charge in [-0.25, -0.2) is 25.3 Å². The smallest absolute Gasteiger partial charge is 0.196 e. The minimum absolute atomic E-state index is 0.316. The first-order chi connectivity index (χ1) is 9.07. The molecule has 10 heteroatoms. The Labute approximate surface area is 117 Å². The van der Waals surface area contributed by atoms with E-state index in [4.69, 9.17) is 0 Å². The lowest BCUT2D eigenvalue weighted by molar-refractivity contribution is 0.448. The van der Waals surface area contributed by atoms with E-state index in [0.717, 1.165) is 12.1 Å². The molecule has 0 radical (unpaired) electrons. The fourth-order valence-electron chi connectivity index (χ4n) is 2.18. The highest BCUT2D eigenvalue weighted by atomic mass is 32.3. The highest BCUT2D eigenvalue weighted by Crippen LogP contribution is 2.33. The average Bonchev–Trinajstić information content (AvgIpc) is 2.66. The maximum atomic E-state index is 12.3. The second-order valence-corrected chi connectivity index (χ2v) is 10.6. The largest absolute Gasteiger partial charge is 0.748 e. The van der Waals surface area contributed by atoms with E-state index in [-0.39, 0.29) is 4.90 Å². The topological polar surface area (TPSA) is 125 Å². The number of sulfone groups is 2. The summed E-state index contributed by atoms with van der Waals surface area (Å²) in [5, 5.41) is -1.96. The molecule has 1 aliphatic rings. The Kier molecular flexibility index (Phi) is 3.70. The molecule has 1 heterocycles. The average molecular weight is 339 g/mol. The van der Waals surface area contributed by atoms with Crippen molar-refractivity contribution in [3.05, 3.63) is 30.3 Å². The third-order valence-corrected chi connectivity index (χ3v) is 10.0. The number of hydrogen-bond donors (Lipinski definition) is 0. The predicted molar refractivity (Wildman–Crippen MR) is 69.3 cm³/mol. The summed E-state index contributed by atoms with van der Waals surface area (Å²) in [5.74, 6) is -0.629. The standard InChI is InChI=1S/C10H12O7S3/c11-18(12)7-6-9(20(15,16)17)10(18)19(13,14)8-4-2-1-3-5-8/h1-5,9-10H,6-7H2,(H,15,16,17)/p-1/t9-,10+/m0/s1. The Hall–Kier alpha value is -0.970. The molecule has 1 saturated heterocycles. The van der Waals surface area contributed by atoms with Gasteiger partial charge < -0.3 is 4.55 Å². The van der Waals surface area contributed by atoms with Gasteiger partial charge in [0.05, 0.1) is 26.0 Å². The van der Waals surface area contributed by atoms with Gasteiger partial charge in [-0.3, -0.25) is 0 Å². The number of benzene rings is 1. The van der Waals surface area contributed by atoms with Crippen LogP contribution in [0.2, 0.25) is 0 Å². The van der Waals surface area contributed by atoms with E-state index in [1.165, 1.54) is 18.2 Å². The van der Waals surface area contributed by atoms with Gasteiger partial charge in [0.2, 0.25) is 0 Å². The summed E-state index contributed by atoms with van der Waals surface area (Å²) in [7, 11) is -13.7. The van der Waals surface area contributed by atoms with Crippen LogP contribution >= 0.6 is 0 Å². The van der Waals surface area contributed by atoms with Crippen molar-refractivity contribution in [2.45, 2.75) is 21.1 Å². The van der Waals surface area contributed by atoms with Crippen LogP contribution in [0.15, 0.2) is 35.2 Å². The summed E-state index contributed by atoms with van der Waals surface area (Å²) >= 11 is 0. The first kappa shape index (κ1) is 15.4. The van der Waals surface area contributed by atoms with Crippen LogP contribution in [0.25, 0.3) is 0 Å². The highest BCUT2D eigenvalue weighted by Gasteiger charge is 2.52. The second-order valence-electron chi connectivity index (χ2n) is 4.41. The summed E-state index contributed by atoms with van der Waals surface area (Å²) < 4.78 is 79.5. The normalized spacial score (nSPS) is 26.4. The monoisotopic (exact) mass is 339 g/mol. The maximum Gasteiger partial charge on any atom is 0.196 e. The van der Waals surface area contributed by atoms with E-state index in [2.05, 4.69) is 0 Å². The molecule has 1 aromatic rings. The zero-order chi connectivity index (χ0) is 15.2. The van der Waals surface area contributed by atoms with Gasteiger partial charge in [0.25, 0.3) is 0 Å². The van der Waals surface area contributed by atoms with E-state index in [0.29, 0.717) is 0 Å². The van der Waals surface area contributed by atoms with Crippen molar-refractivity contribution in [1.82, 2.24) is 0 Å². The molecule has 0 bridgehead atoms. The van der Waals surface area contributed by atoms with Crippen LogP contribution in [0.4, 0.5) is 0 Å². The quantitative estimate of drug-likeness (QED) is 0.681. The molecule has 0 saturated carbocycles. The lowest BCUT2D eigenvalue weighted by Gasteiger charge is -2.21. The molecule has 1 aliphatic heterocycles. The summed E-state index contributed by atoms with van der Waals surface area (Å²) in [6.07, 6.45) is -0.495. The van der Waals surface area contributed by atoms with Crippen molar-refractivity contribution in [3.63, 3.8) is 0 Å². The van der Waals surface area contributed by atoms with Gasteiger partial charge in [-0.1, -0.05) is 18.2 Å². The first-order valence-electron chi connectivity index (χ1n) is 5.52. The summed E-state index contributed by atoms with van der Waals surface area (Å²) in [6, 6.07) is 6.63. The van der Waals surface area contributed by atoms with Gasteiger partial charge in [0.1, 0.15) is 0 Å². The van der Waals surface area contributed by atoms with Gasteiger partial charge in [0.15, 0.2) is 24.3 Å². The van der Waals surface area contributed by atoms with Crippen molar-refractivity contribution in [2.75, 3.05) is 5.75 Å². The summed E-state index contributed by atoms with van der Waals surface area (Å²) in [4.78, 5) is -0.316. The molecule has 1 aromatic carbocycles. The molecule has 0 unspecified atom stereocenters. The Morgan fingerprint density at radius 1 is 1.05 bits per heavy atom. The minimum atomic E-state index is -5.02. The first-order valence-corrected chi connectivity index (χ1v) is 10.3. The predicted octanol–water partition coefficient (Wildman–Crippen LogP) is -0.481. The van der Waals surface area contributed by atoms with Crippen molar-refractivity contribution in [2.24, 2.45) is 0 Å². The van der Waals surface area contributed by atoms with Gasteiger partial charge in [-0.15, -0.1) is 0 Å². The molecular weight excluding hydrogens is 328 g/mol. The van der Waals surface area contributed by atoms with Gasteiger partial charge >= 0.3 is 0 Å². The molecule has 2 rings (SSSR count). The van der Waals surface area contributed by atoms with Crippen LogP contribution in [0.1, 0.15) is 6.42 Å². The molecule has 0 spiro atoms. The van der Waals surface area contributed by atoms with Crippen LogP contribution in [0.3, 0.4) is 0 Å². The van der Waals surface area contributed by atoms with Crippen molar-refractivity contribution in [1.29, 1.82) is 0 Å². The van der Waals surface area contributed by atoms with E-state index >= 15 is 0 Å². The fraction of sp³-hybridized carbons (Fsp3) is 0.400. The molecule has 0 aromatic heterocycles. The van der Waals surface area contributed by atoms with E-state index in [1.54, 1.807) is 0 Å². The SMILES string of the molecule is O=S(=O)([O-])[C@H]1CCS(=O)(=O)[C@@H]1S(=O)(=O)c1ccccc1. The van der Waals surface area contributed by atoms with Gasteiger partial charge in [0, 0.05) is 0 Å². The Balaban J connectivity index is 2.64. The summed E-state index contributed by atoms with van der Waals surface area (Å²) in [6.45, 7) is 0. The molecule has 0 N–H and O–H groups in total.